The van der Waals surface area contributed by atoms with Gasteiger partial charge in [-0.15, -0.1) is 0 Å². The Hall–Kier alpha value is -2.73. The minimum atomic E-state index is -1.42. The summed E-state index contributed by atoms with van der Waals surface area (Å²) in [4.78, 5) is 35.4. The fourth-order valence-corrected chi connectivity index (χ4v) is 3.42. The Morgan fingerprint density at radius 2 is 1.76 bits per heavy atom. The van der Waals surface area contributed by atoms with E-state index in [-0.39, 0.29) is 18.9 Å². The van der Waals surface area contributed by atoms with E-state index in [0.29, 0.717) is 25.8 Å². The van der Waals surface area contributed by atoms with Crippen molar-refractivity contribution in [1.29, 1.82) is 0 Å². The lowest BCUT2D eigenvalue weighted by atomic mass is 9.95. The molecule has 0 saturated carbocycles. The number of aliphatic hydroxyl groups excluding tert-OH is 3. The zero-order valence-corrected chi connectivity index (χ0v) is 18.6. The molecular weight excluding hydrogens is 434 g/mol. The topological polar surface area (TPSA) is 166 Å². The van der Waals surface area contributed by atoms with Crippen LogP contribution in [-0.2, 0) is 25.7 Å². The summed E-state index contributed by atoms with van der Waals surface area (Å²) in [7, 11) is 0. The Labute approximate surface area is 192 Å². The minimum Gasteiger partial charge on any atom is -0.445 e. The summed E-state index contributed by atoms with van der Waals surface area (Å²) in [5, 5.41) is 37.2. The molecule has 1 fully saturated rings. The van der Waals surface area contributed by atoms with Crippen LogP contribution < -0.4 is 16.0 Å². The Balaban J connectivity index is 1.65. The average Bonchev–Trinajstić information content (AvgIpc) is 2.80. The molecule has 1 aliphatic heterocycles. The van der Waals surface area contributed by atoms with Gasteiger partial charge in [0.25, 0.3) is 0 Å². The van der Waals surface area contributed by atoms with Crippen LogP contribution in [0.15, 0.2) is 30.3 Å². The summed E-state index contributed by atoms with van der Waals surface area (Å²) in [6.45, 7) is 1.28. The summed E-state index contributed by atoms with van der Waals surface area (Å²) in [5.41, 5.74) is 0.897. The second-order valence-corrected chi connectivity index (χ2v) is 7.85. The van der Waals surface area contributed by atoms with E-state index in [1.54, 1.807) is 0 Å². The van der Waals surface area contributed by atoms with Gasteiger partial charge in [-0.3, -0.25) is 9.59 Å². The average molecular weight is 468 g/mol. The van der Waals surface area contributed by atoms with Gasteiger partial charge in [-0.25, -0.2) is 4.79 Å². The predicted molar refractivity (Wildman–Crippen MR) is 117 cm³/mol. The maximum Gasteiger partial charge on any atom is 0.407 e. The van der Waals surface area contributed by atoms with Crippen molar-refractivity contribution in [2.24, 2.45) is 0 Å². The largest absolute Gasteiger partial charge is 0.445 e. The van der Waals surface area contributed by atoms with Gasteiger partial charge in [0, 0.05) is 19.9 Å². The number of rotatable bonds is 11. The molecule has 1 aromatic carbocycles. The lowest BCUT2D eigenvalue weighted by molar-refractivity contribution is -0.203. The maximum absolute atomic E-state index is 12.3. The molecule has 3 unspecified atom stereocenters. The first-order valence-corrected chi connectivity index (χ1v) is 10.9. The van der Waals surface area contributed by atoms with Gasteiger partial charge < -0.3 is 40.7 Å². The van der Waals surface area contributed by atoms with E-state index >= 15 is 0 Å². The highest BCUT2D eigenvalue weighted by molar-refractivity contribution is 5.76. The summed E-state index contributed by atoms with van der Waals surface area (Å²) < 4.78 is 10.6. The van der Waals surface area contributed by atoms with Crippen LogP contribution in [0.2, 0.25) is 0 Å². The number of amides is 3. The van der Waals surface area contributed by atoms with Crippen molar-refractivity contribution >= 4 is 17.9 Å². The van der Waals surface area contributed by atoms with Crippen molar-refractivity contribution in [2.75, 3.05) is 13.2 Å². The number of nitrogens with one attached hydrogen (secondary N) is 3. The van der Waals surface area contributed by atoms with Crippen molar-refractivity contribution in [2.45, 2.75) is 69.8 Å². The van der Waals surface area contributed by atoms with E-state index in [9.17, 15) is 29.7 Å². The van der Waals surface area contributed by atoms with Gasteiger partial charge in [-0.05, 0) is 18.4 Å². The van der Waals surface area contributed by atoms with Crippen molar-refractivity contribution in [3.63, 3.8) is 0 Å². The summed E-state index contributed by atoms with van der Waals surface area (Å²) >= 11 is 0. The number of unbranched alkanes of at least 4 members (excludes halogenated alkanes) is 2. The highest BCUT2D eigenvalue weighted by Crippen LogP contribution is 2.20. The van der Waals surface area contributed by atoms with E-state index in [2.05, 4.69) is 16.0 Å². The normalized spacial score (nSPS) is 24.5. The molecule has 0 aliphatic carbocycles. The van der Waals surface area contributed by atoms with Gasteiger partial charge in [0.2, 0.25) is 11.8 Å². The van der Waals surface area contributed by atoms with Gasteiger partial charge in [0.1, 0.15) is 31.0 Å². The number of hydrogen-bond donors (Lipinski definition) is 6. The van der Waals surface area contributed by atoms with Gasteiger partial charge in [0.05, 0.1) is 6.61 Å². The molecule has 5 atom stereocenters. The molecule has 2 rings (SSSR count). The number of ether oxygens (including phenoxy) is 2. The number of carbonyl (C=O) groups excluding carboxylic acids is 3. The Kier molecular flexibility index (Phi) is 11.0. The van der Waals surface area contributed by atoms with E-state index in [0.717, 1.165) is 5.56 Å². The van der Waals surface area contributed by atoms with E-state index in [4.69, 9.17) is 9.47 Å². The van der Waals surface area contributed by atoms with Crippen LogP contribution in [0.5, 0.6) is 0 Å². The van der Waals surface area contributed by atoms with Crippen LogP contribution in [0.25, 0.3) is 0 Å². The summed E-state index contributed by atoms with van der Waals surface area (Å²) in [6, 6.07) is 8.28. The zero-order valence-electron chi connectivity index (χ0n) is 18.6. The third-order valence-electron chi connectivity index (χ3n) is 5.16. The zero-order chi connectivity index (χ0) is 24.2. The van der Waals surface area contributed by atoms with Crippen LogP contribution >= 0.6 is 0 Å². The lowest BCUT2D eigenvalue weighted by Gasteiger charge is -2.42. The minimum absolute atomic E-state index is 0.160. The molecule has 0 aromatic heterocycles. The quantitative estimate of drug-likeness (QED) is 0.238. The molecule has 1 aromatic rings. The fraction of sp³-hybridized carbons (Fsp3) is 0.591. The van der Waals surface area contributed by atoms with Crippen molar-refractivity contribution < 1.29 is 39.2 Å². The third kappa shape index (κ3) is 8.97. The molecule has 1 saturated heterocycles. The van der Waals surface area contributed by atoms with Crippen LogP contribution in [-0.4, -0.2) is 77.0 Å². The third-order valence-corrected chi connectivity index (χ3v) is 5.16. The van der Waals surface area contributed by atoms with Crippen molar-refractivity contribution in [3.05, 3.63) is 35.9 Å². The Morgan fingerprint density at radius 3 is 2.42 bits per heavy atom. The fourth-order valence-electron chi connectivity index (χ4n) is 3.42. The standard InChI is InChI=1S/C22H33N3O8/c1-14(27)24-18-20(30)19(29)16(12-26)33-21(18)25-17(28)10-6-3-7-11-23-22(31)32-13-15-8-4-2-5-9-15/h2,4-5,8-9,16,18-21,26,29-30H,3,6-7,10-13H2,1H3,(H,23,31)(H,24,27)(H,25,28)/t16?,18?,19-,20?,21+/m0/s1. The van der Waals surface area contributed by atoms with Crippen molar-refractivity contribution in [1.82, 2.24) is 16.0 Å². The Bertz CT molecular complexity index is 763. The monoisotopic (exact) mass is 467 g/mol. The highest BCUT2D eigenvalue weighted by Gasteiger charge is 2.45. The van der Waals surface area contributed by atoms with Crippen LogP contribution in [0.3, 0.4) is 0 Å². The molecule has 184 valence electrons. The van der Waals surface area contributed by atoms with Crippen LogP contribution in [0.1, 0.15) is 38.2 Å². The highest BCUT2D eigenvalue weighted by atomic mass is 16.5. The van der Waals surface area contributed by atoms with Crippen molar-refractivity contribution in [3.8, 4) is 0 Å². The molecule has 11 heteroatoms. The molecule has 33 heavy (non-hydrogen) atoms. The first kappa shape index (κ1) is 26.5. The molecule has 1 heterocycles. The molecule has 3 amide bonds. The second-order valence-electron chi connectivity index (χ2n) is 7.85. The number of carbonyl (C=O) groups is 3. The lowest BCUT2D eigenvalue weighted by Crippen LogP contribution is -2.68. The van der Waals surface area contributed by atoms with E-state index in [1.807, 2.05) is 30.3 Å². The van der Waals surface area contributed by atoms with Gasteiger partial charge in [-0.2, -0.15) is 0 Å². The smallest absolute Gasteiger partial charge is 0.407 e. The van der Waals surface area contributed by atoms with Crippen LogP contribution in [0, 0.1) is 0 Å². The first-order valence-electron chi connectivity index (χ1n) is 10.9. The van der Waals surface area contributed by atoms with Gasteiger partial charge >= 0.3 is 6.09 Å². The van der Waals surface area contributed by atoms with Gasteiger partial charge in [-0.1, -0.05) is 36.8 Å². The number of benzene rings is 1. The van der Waals surface area contributed by atoms with Crippen LogP contribution in [0.4, 0.5) is 4.79 Å². The SMILES string of the molecule is CC(=O)NC1C(O)[C@@H](O)C(CO)O[C@H]1NC(=O)CCCCCNC(=O)OCc1ccccc1. The van der Waals surface area contributed by atoms with E-state index < -0.39 is 49.2 Å². The van der Waals surface area contributed by atoms with E-state index in [1.165, 1.54) is 6.92 Å². The maximum atomic E-state index is 12.3. The summed E-state index contributed by atoms with van der Waals surface area (Å²) in [6.07, 6.45) is -3.50. The molecule has 11 nitrogen and oxygen atoms in total. The molecular formula is C22H33N3O8. The molecule has 0 bridgehead atoms. The molecule has 0 spiro atoms. The molecule has 6 N–H and O–H groups in total. The number of alkyl carbamates (subject to hydrolysis) is 1. The number of hydrogen-bond acceptors (Lipinski definition) is 8. The molecule has 1 aliphatic rings. The summed E-state index contributed by atoms with van der Waals surface area (Å²) in [5.74, 6) is -0.836. The molecule has 0 radical (unpaired) electrons. The first-order chi connectivity index (χ1) is 15.8. The predicted octanol–water partition coefficient (Wildman–Crippen LogP) is -0.467. The van der Waals surface area contributed by atoms with Gasteiger partial charge in [0.15, 0.2) is 6.23 Å². The second kappa shape index (κ2) is 13.7. The Morgan fingerprint density at radius 1 is 1.03 bits per heavy atom. The number of aliphatic hydroxyl groups is 3.